The fourth-order valence-corrected chi connectivity index (χ4v) is 4.48. The van der Waals surface area contributed by atoms with E-state index in [1.165, 1.54) is 0 Å². The summed E-state index contributed by atoms with van der Waals surface area (Å²) in [6, 6.07) is 19.8. The molecule has 1 aliphatic rings. The third kappa shape index (κ3) is 4.32. The van der Waals surface area contributed by atoms with Crippen molar-refractivity contribution >= 4 is 22.1 Å². The molecule has 0 saturated carbocycles. The van der Waals surface area contributed by atoms with Crippen molar-refractivity contribution in [2.75, 3.05) is 40.0 Å². The molecule has 0 spiro atoms. The first kappa shape index (κ1) is 22.3. The number of aromatic nitrogens is 4. The maximum Gasteiger partial charge on any atom is 0.251 e. The summed E-state index contributed by atoms with van der Waals surface area (Å²) < 4.78 is 5.93. The van der Waals surface area contributed by atoms with Crippen molar-refractivity contribution in [2.45, 2.75) is 0 Å². The van der Waals surface area contributed by atoms with Gasteiger partial charge in [0.1, 0.15) is 6.73 Å². The van der Waals surface area contributed by atoms with E-state index in [0.29, 0.717) is 23.8 Å². The van der Waals surface area contributed by atoms with Crippen LogP contribution in [0.1, 0.15) is 0 Å². The van der Waals surface area contributed by atoms with E-state index in [2.05, 4.69) is 26.8 Å². The van der Waals surface area contributed by atoms with Crippen LogP contribution >= 0.6 is 0 Å². The van der Waals surface area contributed by atoms with Crippen LogP contribution in [0.3, 0.4) is 0 Å². The summed E-state index contributed by atoms with van der Waals surface area (Å²) >= 11 is 0. The third-order valence-corrected chi connectivity index (χ3v) is 6.60. The van der Waals surface area contributed by atoms with Gasteiger partial charge >= 0.3 is 0 Å². The minimum Gasteiger partial charge on any atom is -0.472 e. The van der Waals surface area contributed by atoms with Gasteiger partial charge in [0.05, 0.1) is 16.9 Å². The van der Waals surface area contributed by atoms with Crippen molar-refractivity contribution < 1.29 is 4.74 Å². The lowest BCUT2D eigenvalue weighted by atomic mass is 10.0. The van der Waals surface area contributed by atoms with Crippen molar-refractivity contribution in [3.63, 3.8) is 0 Å². The molecule has 5 aromatic rings. The fraction of sp³-hybridized carbons (Fsp3) is 0.214. The van der Waals surface area contributed by atoms with Gasteiger partial charge < -0.3 is 14.6 Å². The molecule has 0 amide bonds. The molecular formula is C28H26N6O2. The van der Waals surface area contributed by atoms with Crippen molar-refractivity contribution in [2.24, 2.45) is 0 Å². The zero-order valence-electron chi connectivity index (χ0n) is 20.0. The second-order valence-electron chi connectivity index (χ2n) is 9.07. The lowest BCUT2D eigenvalue weighted by molar-refractivity contribution is 0.0756. The van der Waals surface area contributed by atoms with Crippen molar-refractivity contribution in [3.05, 3.63) is 83.3 Å². The molecule has 4 heterocycles. The third-order valence-electron chi connectivity index (χ3n) is 6.60. The van der Waals surface area contributed by atoms with Gasteiger partial charge in [-0.15, -0.1) is 0 Å². The Hall–Kier alpha value is -4.14. The van der Waals surface area contributed by atoms with Crippen LogP contribution in [0.5, 0.6) is 5.75 Å². The highest BCUT2D eigenvalue weighted by molar-refractivity contribution is 5.89. The molecule has 1 aliphatic heterocycles. The SMILES string of the molecule is CN1CCN(COc2c[nH]c3nc(-c4ccccc4)c(-c4ccc5ncccc5c4)nc3c2=O)CC1. The summed E-state index contributed by atoms with van der Waals surface area (Å²) in [4.78, 5) is 35.2. The highest BCUT2D eigenvalue weighted by Crippen LogP contribution is 2.31. The van der Waals surface area contributed by atoms with E-state index in [-0.39, 0.29) is 16.7 Å². The summed E-state index contributed by atoms with van der Waals surface area (Å²) in [6.07, 6.45) is 3.36. The number of pyridine rings is 2. The lowest BCUT2D eigenvalue weighted by Crippen LogP contribution is -2.45. The summed E-state index contributed by atoms with van der Waals surface area (Å²) in [7, 11) is 2.11. The van der Waals surface area contributed by atoms with Crippen LogP contribution in [-0.4, -0.2) is 69.7 Å². The highest BCUT2D eigenvalue weighted by atomic mass is 16.5. The van der Waals surface area contributed by atoms with Crippen molar-refractivity contribution in [3.8, 4) is 28.3 Å². The van der Waals surface area contributed by atoms with Gasteiger partial charge in [-0.2, -0.15) is 0 Å². The number of rotatable bonds is 5. The van der Waals surface area contributed by atoms with E-state index < -0.39 is 0 Å². The van der Waals surface area contributed by atoms with Crippen LogP contribution in [-0.2, 0) is 0 Å². The predicted molar refractivity (Wildman–Crippen MR) is 141 cm³/mol. The Balaban J connectivity index is 1.44. The van der Waals surface area contributed by atoms with E-state index in [9.17, 15) is 4.79 Å². The molecule has 1 N–H and O–H groups in total. The van der Waals surface area contributed by atoms with E-state index in [0.717, 1.165) is 48.2 Å². The molecule has 2 aromatic carbocycles. The summed E-state index contributed by atoms with van der Waals surface area (Å²) in [5.41, 5.74) is 4.44. The molecule has 0 aliphatic carbocycles. The molecule has 36 heavy (non-hydrogen) atoms. The maximum absolute atomic E-state index is 13.4. The van der Waals surface area contributed by atoms with E-state index in [4.69, 9.17) is 14.7 Å². The molecule has 8 heteroatoms. The van der Waals surface area contributed by atoms with Crippen molar-refractivity contribution in [1.82, 2.24) is 29.7 Å². The first-order valence-corrected chi connectivity index (χ1v) is 12.0. The van der Waals surface area contributed by atoms with E-state index >= 15 is 0 Å². The average molecular weight is 479 g/mol. The number of piperazine rings is 1. The van der Waals surface area contributed by atoms with Crippen LogP contribution in [0.15, 0.2) is 77.9 Å². The maximum atomic E-state index is 13.4. The van der Waals surface area contributed by atoms with Gasteiger partial charge in [-0.25, -0.2) is 9.97 Å². The topological polar surface area (TPSA) is 87.2 Å². The standard InChI is InChI=1S/C28H26N6O2/c1-33-12-14-34(15-13-33)18-36-23-17-30-28-26(27(23)35)31-25(24(32-28)19-6-3-2-4-7-19)21-9-10-22-20(16-21)8-5-11-29-22/h2-11,16-17H,12-15,18H2,1H3,(H,30,32,35). The number of likely N-dealkylation sites (N-methyl/N-ethyl adjacent to an activating group) is 1. The molecule has 0 bridgehead atoms. The molecule has 6 rings (SSSR count). The molecule has 180 valence electrons. The molecule has 3 aromatic heterocycles. The number of hydrogen-bond acceptors (Lipinski definition) is 7. The molecule has 1 fully saturated rings. The Bertz CT molecular complexity index is 1590. The molecule has 0 unspecified atom stereocenters. The van der Waals surface area contributed by atoms with Crippen LogP contribution < -0.4 is 10.2 Å². The quantitative estimate of drug-likeness (QED) is 0.411. The average Bonchev–Trinajstić information content (AvgIpc) is 2.93. The predicted octanol–water partition coefficient (Wildman–Crippen LogP) is 3.78. The zero-order chi connectivity index (χ0) is 24.5. The lowest BCUT2D eigenvalue weighted by Gasteiger charge is -2.31. The van der Waals surface area contributed by atoms with Gasteiger partial charge in [0.15, 0.2) is 16.9 Å². The van der Waals surface area contributed by atoms with Crippen LogP contribution in [0.4, 0.5) is 0 Å². The Labute approximate surface area is 208 Å². The van der Waals surface area contributed by atoms with Crippen LogP contribution in [0.2, 0.25) is 0 Å². The van der Waals surface area contributed by atoms with Gasteiger partial charge in [-0.3, -0.25) is 14.7 Å². The number of aromatic amines is 1. The highest BCUT2D eigenvalue weighted by Gasteiger charge is 2.19. The Morgan fingerprint density at radius 3 is 2.56 bits per heavy atom. The van der Waals surface area contributed by atoms with E-state index in [1.54, 1.807) is 12.4 Å². The zero-order valence-corrected chi connectivity index (χ0v) is 20.0. The minimum absolute atomic E-state index is 0.247. The first-order chi connectivity index (χ1) is 17.7. The van der Waals surface area contributed by atoms with Gasteiger partial charge in [-0.05, 0) is 25.2 Å². The Kier molecular flexibility index (Phi) is 5.88. The van der Waals surface area contributed by atoms with Gasteiger partial charge in [-0.1, -0.05) is 42.5 Å². The Morgan fingerprint density at radius 1 is 0.917 bits per heavy atom. The van der Waals surface area contributed by atoms with Gasteiger partial charge in [0.25, 0.3) is 5.43 Å². The second kappa shape index (κ2) is 9.49. The normalized spacial score (nSPS) is 14.9. The van der Waals surface area contributed by atoms with Gasteiger partial charge in [0.2, 0.25) is 0 Å². The molecule has 1 saturated heterocycles. The van der Waals surface area contributed by atoms with Crippen molar-refractivity contribution in [1.29, 1.82) is 0 Å². The minimum atomic E-state index is -0.270. The largest absolute Gasteiger partial charge is 0.472 e. The molecular weight excluding hydrogens is 452 g/mol. The number of H-pyrrole nitrogens is 1. The summed E-state index contributed by atoms with van der Waals surface area (Å²) in [5.74, 6) is 0.247. The molecule has 8 nitrogen and oxygen atoms in total. The van der Waals surface area contributed by atoms with E-state index in [1.807, 2.05) is 60.7 Å². The summed E-state index contributed by atoms with van der Waals surface area (Å²) in [6.45, 7) is 4.14. The Morgan fingerprint density at radius 2 is 1.72 bits per heavy atom. The fourth-order valence-electron chi connectivity index (χ4n) is 4.48. The molecule has 0 radical (unpaired) electrons. The second-order valence-corrected chi connectivity index (χ2v) is 9.07. The number of fused-ring (bicyclic) bond motifs is 2. The van der Waals surface area contributed by atoms with Gasteiger partial charge in [0, 0.05) is 55.1 Å². The number of ether oxygens (including phenoxy) is 1. The smallest absolute Gasteiger partial charge is 0.251 e. The number of nitrogens with one attached hydrogen (secondary N) is 1. The number of hydrogen-bond donors (Lipinski definition) is 1. The first-order valence-electron chi connectivity index (χ1n) is 12.0. The summed E-state index contributed by atoms with van der Waals surface area (Å²) in [5, 5.41) is 0.995. The molecule has 0 atom stereocenters. The number of benzene rings is 2. The van der Waals surface area contributed by atoms with Crippen LogP contribution in [0, 0.1) is 0 Å². The van der Waals surface area contributed by atoms with Crippen LogP contribution in [0.25, 0.3) is 44.6 Å². The number of nitrogens with zero attached hydrogens (tertiary/aromatic N) is 5. The monoisotopic (exact) mass is 478 g/mol.